The molecule has 118 valence electrons. The molecule has 1 aliphatic heterocycles. The summed E-state index contributed by atoms with van der Waals surface area (Å²) in [6, 6.07) is 1.68. The van der Waals surface area contributed by atoms with Crippen molar-refractivity contribution in [3.05, 3.63) is 41.0 Å². The molecule has 8 heteroatoms. The zero-order chi connectivity index (χ0) is 15.0. The van der Waals surface area contributed by atoms with Crippen LogP contribution in [0.4, 0.5) is 26.3 Å². The summed E-state index contributed by atoms with van der Waals surface area (Å²) >= 11 is 0. The lowest BCUT2D eigenvalue weighted by atomic mass is 9.95. The second kappa shape index (κ2) is 6.27. The predicted octanol–water partition coefficient (Wildman–Crippen LogP) is 4.52. The first-order valence-electron chi connectivity index (χ1n) is 5.87. The highest BCUT2D eigenvalue weighted by atomic mass is 35.5. The molecule has 0 amide bonds. The smallest absolute Gasteiger partial charge is 0.313 e. The van der Waals surface area contributed by atoms with Crippen LogP contribution in [-0.4, -0.2) is 13.1 Å². The number of nitrogens with one attached hydrogen (secondary N) is 1. The van der Waals surface area contributed by atoms with E-state index in [1.54, 1.807) is 6.08 Å². The minimum Gasteiger partial charge on any atom is -0.313 e. The highest BCUT2D eigenvalue weighted by Gasteiger charge is 2.37. The van der Waals surface area contributed by atoms with Crippen LogP contribution in [0.1, 0.15) is 23.1 Å². The summed E-state index contributed by atoms with van der Waals surface area (Å²) in [5.41, 5.74) is -2.07. The molecule has 1 nitrogen and oxygen atoms in total. The third-order valence-electron chi connectivity index (χ3n) is 3.02. The van der Waals surface area contributed by atoms with Crippen molar-refractivity contribution in [1.82, 2.24) is 5.32 Å². The van der Waals surface area contributed by atoms with E-state index in [4.69, 9.17) is 0 Å². The number of hydrogen-bond acceptors (Lipinski definition) is 1. The van der Waals surface area contributed by atoms with Gasteiger partial charge >= 0.3 is 12.4 Å². The maximum Gasteiger partial charge on any atom is 0.416 e. The van der Waals surface area contributed by atoms with Gasteiger partial charge in [0.2, 0.25) is 0 Å². The van der Waals surface area contributed by atoms with Crippen molar-refractivity contribution in [1.29, 1.82) is 0 Å². The number of hydrogen-bond donors (Lipinski definition) is 1. The molecule has 0 saturated carbocycles. The van der Waals surface area contributed by atoms with Gasteiger partial charge in [0.1, 0.15) is 0 Å². The number of rotatable bonds is 1. The SMILES string of the molecule is Cl.FC(F)(F)c1cc(C2=CCNCC2)cc(C(F)(F)F)c1. The molecule has 1 heterocycles. The molecule has 0 spiro atoms. The van der Waals surface area contributed by atoms with Crippen LogP contribution in [0.2, 0.25) is 0 Å². The molecule has 0 aromatic heterocycles. The van der Waals surface area contributed by atoms with E-state index in [1.165, 1.54) is 0 Å². The normalized spacial score (nSPS) is 16.2. The van der Waals surface area contributed by atoms with Gasteiger partial charge in [-0.25, -0.2) is 0 Å². The molecule has 2 rings (SSSR count). The molecule has 1 aromatic rings. The molecule has 0 radical (unpaired) electrons. The van der Waals surface area contributed by atoms with Gasteiger partial charge in [0.25, 0.3) is 0 Å². The Morgan fingerprint density at radius 2 is 1.38 bits per heavy atom. The van der Waals surface area contributed by atoms with Gasteiger partial charge in [-0.3, -0.25) is 0 Å². The van der Waals surface area contributed by atoms with E-state index in [1.807, 2.05) is 0 Å². The summed E-state index contributed by atoms with van der Waals surface area (Å²) in [5, 5.41) is 2.95. The largest absolute Gasteiger partial charge is 0.416 e. The van der Waals surface area contributed by atoms with Crippen molar-refractivity contribution < 1.29 is 26.3 Å². The molecule has 0 aliphatic carbocycles. The topological polar surface area (TPSA) is 12.0 Å². The van der Waals surface area contributed by atoms with Crippen LogP contribution in [-0.2, 0) is 12.4 Å². The maximum absolute atomic E-state index is 12.7. The van der Waals surface area contributed by atoms with Crippen LogP contribution >= 0.6 is 12.4 Å². The maximum atomic E-state index is 12.7. The van der Waals surface area contributed by atoms with Crippen LogP contribution in [0.25, 0.3) is 5.57 Å². The third kappa shape index (κ3) is 4.38. The van der Waals surface area contributed by atoms with Crippen LogP contribution in [0, 0.1) is 0 Å². The summed E-state index contributed by atoms with van der Waals surface area (Å²) in [6.07, 6.45) is -7.59. The van der Waals surface area contributed by atoms with Crippen LogP contribution in [0.5, 0.6) is 0 Å². The van der Waals surface area contributed by atoms with Gasteiger partial charge < -0.3 is 5.32 Å². The van der Waals surface area contributed by atoms with Gasteiger partial charge in [-0.1, -0.05) is 6.08 Å². The Kier molecular flexibility index (Phi) is 5.33. The van der Waals surface area contributed by atoms with E-state index < -0.39 is 23.5 Å². The first kappa shape index (κ1) is 17.8. The minimum atomic E-state index is -4.80. The van der Waals surface area contributed by atoms with Crippen molar-refractivity contribution in [3.8, 4) is 0 Å². The number of halogens is 7. The predicted molar refractivity (Wildman–Crippen MR) is 69.2 cm³/mol. The summed E-state index contributed by atoms with van der Waals surface area (Å²) < 4.78 is 76.2. The van der Waals surface area contributed by atoms with E-state index in [0.29, 0.717) is 25.1 Å². The van der Waals surface area contributed by atoms with Gasteiger partial charge in [0, 0.05) is 6.54 Å². The molecule has 0 unspecified atom stereocenters. The van der Waals surface area contributed by atoms with Gasteiger partial charge in [-0.2, -0.15) is 26.3 Å². The molecule has 1 N–H and O–H groups in total. The fourth-order valence-electron chi connectivity index (χ4n) is 2.03. The molecule has 0 saturated heterocycles. The van der Waals surface area contributed by atoms with E-state index in [2.05, 4.69) is 5.32 Å². The van der Waals surface area contributed by atoms with Crippen molar-refractivity contribution >= 4 is 18.0 Å². The number of benzene rings is 1. The first-order valence-corrected chi connectivity index (χ1v) is 5.87. The Bertz CT molecular complexity index is 500. The van der Waals surface area contributed by atoms with Crippen molar-refractivity contribution in [2.75, 3.05) is 13.1 Å². The van der Waals surface area contributed by atoms with Crippen molar-refractivity contribution in [3.63, 3.8) is 0 Å². The van der Waals surface area contributed by atoms with Gasteiger partial charge in [0.05, 0.1) is 11.1 Å². The average Bonchev–Trinajstić information content (AvgIpc) is 2.37. The molecule has 0 fully saturated rings. The Morgan fingerprint density at radius 3 is 1.76 bits per heavy atom. The molecule has 1 aliphatic rings. The highest BCUT2D eigenvalue weighted by Crippen LogP contribution is 2.38. The monoisotopic (exact) mass is 331 g/mol. The van der Waals surface area contributed by atoms with Crippen LogP contribution < -0.4 is 5.32 Å². The van der Waals surface area contributed by atoms with Gasteiger partial charge in [-0.05, 0) is 42.3 Å². The number of alkyl halides is 6. The fourth-order valence-corrected chi connectivity index (χ4v) is 2.03. The zero-order valence-corrected chi connectivity index (χ0v) is 11.4. The van der Waals surface area contributed by atoms with Crippen LogP contribution in [0.15, 0.2) is 24.3 Å². The first-order chi connectivity index (χ1) is 9.18. The quantitative estimate of drug-likeness (QED) is 0.746. The second-order valence-corrected chi connectivity index (χ2v) is 4.48. The van der Waals surface area contributed by atoms with Gasteiger partial charge in [0.15, 0.2) is 0 Å². The Morgan fingerprint density at radius 1 is 0.857 bits per heavy atom. The van der Waals surface area contributed by atoms with Crippen LogP contribution in [0.3, 0.4) is 0 Å². The lowest BCUT2D eigenvalue weighted by molar-refractivity contribution is -0.143. The molecule has 21 heavy (non-hydrogen) atoms. The second-order valence-electron chi connectivity index (χ2n) is 4.48. The lowest BCUT2D eigenvalue weighted by Gasteiger charge is -2.18. The van der Waals surface area contributed by atoms with E-state index in [-0.39, 0.29) is 24.0 Å². The molecule has 1 aromatic carbocycles. The summed E-state index contributed by atoms with van der Waals surface area (Å²) in [7, 11) is 0. The Balaban J connectivity index is 0.00000220. The lowest BCUT2D eigenvalue weighted by Crippen LogP contribution is -2.20. The molecule has 0 bridgehead atoms. The van der Waals surface area contributed by atoms with E-state index in [9.17, 15) is 26.3 Å². The summed E-state index contributed by atoms with van der Waals surface area (Å²) in [6.45, 7) is 0.969. The standard InChI is InChI=1S/C13H11F6N.ClH/c14-12(15,16)10-5-9(8-1-3-20-4-2-8)6-11(7-10)13(17,18)19;/h1,5-7,20H,2-4H2;1H. The zero-order valence-electron chi connectivity index (χ0n) is 10.6. The molecular formula is C13H12ClF6N. The Hall–Kier alpha value is -1.21. The highest BCUT2D eigenvalue weighted by molar-refractivity contribution is 5.85. The van der Waals surface area contributed by atoms with E-state index in [0.717, 1.165) is 12.1 Å². The molecule has 0 atom stereocenters. The summed E-state index contributed by atoms with van der Waals surface area (Å²) in [5.74, 6) is 0. The van der Waals surface area contributed by atoms with Gasteiger partial charge in [-0.15, -0.1) is 12.4 Å². The third-order valence-corrected chi connectivity index (χ3v) is 3.02. The average molecular weight is 332 g/mol. The van der Waals surface area contributed by atoms with Crippen molar-refractivity contribution in [2.24, 2.45) is 0 Å². The fraction of sp³-hybridized carbons (Fsp3) is 0.385. The molecular weight excluding hydrogens is 320 g/mol. The minimum absolute atomic E-state index is 0. The Labute approximate surface area is 123 Å². The van der Waals surface area contributed by atoms with E-state index >= 15 is 0 Å². The summed E-state index contributed by atoms with van der Waals surface area (Å²) in [4.78, 5) is 0. The van der Waals surface area contributed by atoms with Crippen molar-refractivity contribution in [2.45, 2.75) is 18.8 Å².